The van der Waals surface area contributed by atoms with Gasteiger partial charge in [-0.1, -0.05) is 50.3 Å². The molecule has 0 fully saturated rings. The number of hydrogen-bond acceptors (Lipinski definition) is 3. The second-order valence-electron chi connectivity index (χ2n) is 8.14. The van der Waals surface area contributed by atoms with Gasteiger partial charge in [0.15, 0.2) is 0 Å². The smallest absolute Gasteiger partial charge is 0.255 e. The van der Waals surface area contributed by atoms with E-state index in [1.807, 2.05) is 37.3 Å². The highest BCUT2D eigenvalue weighted by molar-refractivity contribution is 6.05. The Labute approximate surface area is 196 Å². The Hall–Kier alpha value is -3.60. The van der Waals surface area contributed by atoms with Gasteiger partial charge in [0.2, 0.25) is 0 Å². The van der Waals surface area contributed by atoms with E-state index >= 15 is 0 Å². The van der Waals surface area contributed by atoms with Crippen molar-refractivity contribution in [1.82, 2.24) is 0 Å². The first-order valence-corrected chi connectivity index (χ1v) is 11.6. The van der Waals surface area contributed by atoms with Gasteiger partial charge in [0.25, 0.3) is 11.8 Å². The summed E-state index contributed by atoms with van der Waals surface area (Å²) in [7, 11) is 0. The molecule has 0 aromatic heterocycles. The van der Waals surface area contributed by atoms with Gasteiger partial charge >= 0.3 is 0 Å². The van der Waals surface area contributed by atoms with Crippen LogP contribution in [0.5, 0.6) is 5.75 Å². The van der Waals surface area contributed by atoms with E-state index in [1.165, 1.54) is 25.7 Å². The summed E-state index contributed by atoms with van der Waals surface area (Å²) in [6.07, 6.45) is 5.99. The molecule has 0 atom stereocenters. The second-order valence-corrected chi connectivity index (χ2v) is 8.14. The van der Waals surface area contributed by atoms with Crippen molar-refractivity contribution in [2.75, 3.05) is 17.2 Å². The molecular formula is C28H32N2O3. The number of anilines is 2. The van der Waals surface area contributed by atoms with Gasteiger partial charge in [-0.15, -0.1) is 0 Å². The van der Waals surface area contributed by atoms with Gasteiger partial charge in [0, 0.05) is 22.5 Å². The number of hydrogen-bond donors (Lipinski definition) is 2. The lowest BCUT2D eigenvalue weighted by Crippen LogP contribution is -2.13. The fourth-order valence-electron chi connectivity index (χ4n) is 3.43. The van der Waals surface area contributed by atoms with Crippen molar-refractivity contribution in [3.8, 4) is 5.75 Å². The van der Waals surface area contributed by atoms with Crippen LogP contribution in [0.25, 0.3) is 0 Å². The van der Waals surface area contributed by atoms with Crippen molar-refractivity contribution in [2.45, 2.75) is 46.0 Å². The molecule has 172 valence electrons. The van der Waals surface area contributed by atoms with Gasteiger partial charge in [-0.2, -0.15) is 0 Å². The van der Waals surface area contributed by atoms with Crippen LogP contribution in [0.1, 0.15) is 65.3 Å². The highest BCUT2D eigenvalue weighted by Gasteiger charge is 2.08. The van der Waals surface area contributed by atoms with Crippen molar-refractivity contribution in [3.05, 3.63) is 89.5 Å². The molecule has 0 unspecified atom stereocenters. The molecule has 0 radical (unpaired) electrons. The molecule has 5 heteroatoms. The first-order valence-electron chi connectivity index (χ1n) is 11.6. The summed E-state index contributed by atoms with van der Waals surface area (Å²) >= 11 is 0. The van der Waals surface area contributed by atoms with Crippen molar-refractivity contribution in [1.29, 1.82) is 0 Å². The molecule has 0 saturated heterocycles. The topological polar surface area (TPSA) is 67.4 Å². The Kier molecular flexibility index (Phi) is 9.07. The van der Waals surface area contributed by atoms with Crippen LogP contribution in [0.15, 0.2) is 72.8 Å². The molecule has 2 N–H and O–H groups in total. The number of aryl methyl sites for hydroxylation is 1. The fraction of sp³-hybridized carbons (Fsp3) is 0.286. The first-order chi connectivity index (χ1) is 16.0. The standard InChI is InChI=1S/C28H32N2O3/c1-3-4-5-6-7-19-33-26-17-11-22(12-18-26)27(31)29-24-13-15-25(16-14-24)30-28(32)23-10-8-9-21(2)20-23/h8-18,20H,3-7,19H2,1-2H3,(H,29,31)(H,30,32). The van der Waals surface area contributed by atoms with E-state index in [4.69, 9.17) is 4.74 Å². The van der Waals surface area contributed by atoms with Crippen LogP contribution in [-0.2, 0) is 0 Å². The van der Waals surface area contributed by atoms with Gasteiger partial charge in [-0.3, -0.25) is 9.59 Å². The van der Waals surface area contributed by atoms with E-state index in [9.17, 15) is 9.59 Å². The van der Waals surface area contributed by atoms with E-state index in [1.54, 1.807) is 42.5 Å². The third kappa shape index (κ3) is 7.79. The monoisotopic (exact) mass is 444 g/mol. The zero-order valence-electron chi connectivity index (χ0n) is 19.4. The predicted molar refractivity (Wildman–Crippen MR) is 134 cm³/mol. The molecule has 0 heterocycles. The maximum Gasteiger partial charge on any atom is 0.255 e. The number of nitrogens with one attached hydrogen (secondary N) is 2. The van der Waals surface area contributed by atoms with Gasteiger partial charge < -0.3 is 15.4 Å². The van der Waals surface area contributed by atoms with Gasteiger partial charge in [-0.25, -0.2) is 0 Å². The SMILES string of the molecule is CCCCCCCOc1ccc(C(=O)Nc2ccc(NC(=O)c3cccc(C)c3)cc2)cc1. The summed E-state index contributed by atoms with van der Waals surface area (Å²) in [6.45, 7) is 4.85. The Balaban J connectivity index is 1.47. The first kappa shape index (κ1) is 24.1. The van der Waals surface area contributed by atoms with Crippen LogP contribution in [0.2, 0.25) is 0 Å². The van der Waals surface area contributed by atoms with E-state index in [-0.39, 0.29) is 11.8 Å². The molecule has 0 spiro atoms. The minimum Gasteiger partial charge on any atom is -0.494 e. The zero-order chi connectivity index (χ0) is 23.5. The number of ether oxygens (including phenoxy) is 1. The number of amides is 2. The molecule has 2 amide bonds. The van der Waals surface area contributed by atoms with Crippen LogP contribution in [0.3, 0.4) is 0 Å². The molecule has 0 saturated carbocycles. The summed E-state index contributed by atoms with van der Waals surface area (Å²) in [5, 5.41) is 5.75. The van der Waals surface area contributed by atoms with E-state index < -0.39 is 0 Å². The van der Waals surface area contributed by atoms with Crippen LogP contribution in [-0.4, -0.2) is 18.4 Å². The molecular weight excluding hydrogens is 412 g/mol. The number of rotatable bonds is 11. The van der Waals surface area contributed by atoms with Crippen molar-refractivity contribution in [2.24, 2.45) is 0 Å². The molecule has 33 heavy (non-hydrogen) atoms. The molecule has 0 aliphatic heterocycles. The lowest BCUT2D eigenvalue weighted by molar-refractivity contribution is 0.101. The summed E-state index contributed by atoms with van der Waals surface area (Å²) in [5.74, 6) is 0.409. The minimum atomic E-state index is -0.197. The largest absolute Gasteiger partial charge is 0.494 e. The lowest BCUT2D eigenvalue weighted by atomic mass is 10.1. The summed E-state index contributed by atoms with van der Waals surface area (Å²) in [5.41, 5.74) is 3.51. The van der Waals surface area contributed by atoms with E-state index in [0.29, 0.717) is 29.1 Å². The molecule has 0 aliphatic rings. The van der Waals surface area contributed by atoms with Crippen LogP contribution >= 0.6 is 0 Å². The maximum absolute atomic E-state index is 12.5. The molecule has 3 aromatic carbocycles. The van der Waals surface area contributed by atoms with Crippen LogP contribution < -0.4 is 15.4 Å². The summed E-state index contributed by atoms with van der Waals surface area (Å²) in [6, 6.07) is 21.7. The molecule has 3 aromatic rings. The molecule has 3 rings (SSSR count). The Morgan fingerprint density at radius 3 is 1.94 bits per heavy atom. The molecule has 5 nitrogen and oxygen atoms in total. The highest BCUT2D eigenvalue weighted by atomic mass is 16.5. The number of carbonyl (C=O) groups is 2. The Morgan fingerprint density at radius 1 is 0.727 bits per heavy atom. The van der Waals surface area contributed by atoms with Crippen molar-refractivity contribution < 1.29 is 14.3 Å². The van der Waals surface area contributed by atoms with E-state index in [0.717, 1.165) is 17.7 Å². The molecule has 0 bridgehead atoms. The average molecular weight is 445 g/mol. The highest BCUT2D eigenvalue weighted by Crippen LogP contribution is 2.18. The van der Waals surface area contributed by atoms with Gasteiger partial charge in [-0.05, 0) is 74.0 Å². The maximum atomic E-state index is 12.5. The normalized spacial score (nSPS) is 10.5. The predicted octanol–water partition coefficient (Wildman–Crippen LogP) is 6.85. The third-order valence-corrected chi connectivity index (χ3v) is 5.31. The quantitative estimate of drug-likeness (QED) is 0.318. The van der Waals surface area contributed by atoms with E-state index in [2.05, 4.69) is 17.6 Å². The summed E-state index contributed by atoms with van der Waals surface area (Å²) < 4.78 is 5.76. The number of benzene rings is 3. The summed E-state index contributed by atoms with van der Waals surface area (Å²) in [4.78, 5) is 24.9. The minimum absolute atomic E-state index is 0.168. The lowest BCUT2D eigenvalue weighted by Gasteiger charge is -2.09. The Morgan fingerprint density at radius 2 is 1.33 bits per heavy atom. The van der Waals surface area contributed by atoms with Crippen molar-refractivity contribution >= 4 is 23.2 Å². The van der Waals surface area contributed by atoms with Gasteiger partial charge in [0.05, 0.1) is 6.61 Å². The third-order valence-electron chi connectivity index (χ3n) is 5.31. The van der Waals surface area contributed by atoms with Crippen LogP contribution in [0, 0.1) is 6.92 Å². The van der Waals surface area contributed by atoms with Crippen molar-refractivity contribution in [3.63, 3.8) is 0 Å². The zero-order valence-corrected chi connectivity index (χ0v) is 19.4. The fourth-order valence-corrected chi connectivity index (χ4v) is 3.43. The number of carbonyl (C=O) groups excluding carboxylic acids is 2. The average Bonchev–Trinajstić information content (AvgIpc) is 2.83. The second kappa shape index (κ2) is 12.4. The van der Waals surface area contributed by atoms with Crippen LogP contribution in [0.4, 0.5) is 11.4 Å². The number of unbranched alkanes of at least 4 members (excludes halogenated alkanes) is 4. The van der Waals surface area contributed by atoms with Gasteiger partial charge in [0.1, 0.15) is 5.75 Å². The Bertz CT molecular complexity index is 1040. The molecule has 0 aliphatic carbocycles.